The van der Waals surface area contributed by atoms with Crippen LogP contribution in [0.1, 0.15) is 112 Å². The van der Waals surface area contributed by atoms with Gasteiger partial charge in [-0.25, -0.2) is 0 Å². The number of carbonyl (C=O) groups is 1. The van der Waals surface area contributed by atoms with E-state index in [4.69, 9.17) is 9.47 Å². The molecule has 0 aromatic heterocycles. The van der Waals surface area contributed by atoms with E-state index in [-0.39, 0.29) is 23.6 Å². The van der Waals surface area contributed by atoms with Crippen LogP contribution < -0.4 is 0 Å². The summed E-state index contributed by atoms with van der Waals surface area (Å²) in [6.45, 7) is 14.9. The molecule has 0 amide bonds. The molecule has 3 aliphatic carbocycles. The van der Waals surface area contributed by atoms with Crippen LogP contribution in [0.3, 0.4) is 0 Å². The number of piperidine rings is 2. The fraction of sp³-hybridized carbons (Fsp3) is 0.969. The number of aliphatic hydroxyl groups is 1. The normalized spacial score (nSPS) is 59.1. The van der Waals surface area contributed by atoms with Gasteiger partial charge in [0.15, 0.2) is 6.29 Å². The zero-order valence-electron chi connectivity index (χ0n) is 24.2. The second-order valence-corrected chi connectivity index (χ2v) is 15.7. The van der Waals surface area contributed by atoms with Gasteiger partial charge in [-0.15, -0.1) is 0 Å². The number of esters is 1. The molecule has 37 heavy (non-hydrogen) atoms. The summed E-state index contributed by atoms with van der Waals surface area (Å²) in [5, 5.41) is 11.3. The van der Waals surface area contributed by atoms with Gasteiger partial charge < -0.3 is 14.6 Å². The molecule has 3 saturated carbocycles. The van der Waals surface area contributed by atoms with Crippen LogP contribution in [0.4, 0.5) is 0 Å². The van der Waals surface area contributed by atoms with E-state index in [0.717, 1.165) is 42.9 Å². The maximum atomic E-state index is 12.1. The van der Waals surface area contributed by atoms with Gasteiger partial charge in [0, 0.05) is 31.0 Å². The quantitative estimate of drug-likeness (QED) is 0.462. The Kier molecular flexibility index (Phi) is 5.31. The molecule has 0 aromatic rings. The molecule has 0 radical (unpaired) electrons. The zero-order valence-corrected chi connectivity index (χ0v) is 24.2. The van der Waals surface area contributed by atoms with E-state index in [1.54, 1.807) is 0 Å². The Morgan fingerprint density at radius 2 is 1.86 bits per heavy atom. The van der Waals surface area contributed by atoms with Crippen LogP contribution in [0, 0.1) is 45.8 Å². The number of hydrogen-bond donors (Lipinski definition) is 1. The Bertz CT molecular complexity index is 984. The summed E-state index contributed by atoms with van der Waals surface area (Å²) in [6, 6.07) is 0.713. The molecule has 7 fully saturated rings. The molecule has 1 spiro atoms. The Morgan fingerprint density at radius 1 is 1.08 bits per heavy atom. The number of nitrogens with zero attached hydrogens (tertiary/aromatic N) is 1. The maximum Gasteiger partial charge on any atom is 0.302 e. The molecule has 4 saturated heterocycles. The zero-order chi connectivity index (χ0) is 26.2. The number of fused-ring (bicyclic) bond motifs is 4. The highest BCUT2D eigenvalue weighted by molar-refractivity contribution is 5.66. The van der Waals surface area contributed by atoms with Gasteiger partial charge in [0.1, 0.15) is 6.10 Å². The number of hydrogen-bond acceptors (Lipinski definition) is 5. The third-order valence-electron chi connectivity index (χ3n) is 14.5. The lowest BCUT2D eigenvalue weighted by Crippen LogP contribution is -2.68. The molecule has 4 heterocycles. The van der Waals surface area contributed by atoms with Gasteiger partial charge in [-0.3, -0.25) is 9.69 Å². The van der Waals surface area contributed by atoms with Crippen molar-refractivity contribution in [2.24, 2.45) is 45.8 Å². The lowest BCUT2D eigenvalue weighted by molar-refractivity contribution is -0.188. The lowest BCUT2D eigenvalue weighted by Gasteiger charge is -2.67. The maximum absolute atomic E-state index is 12.1. The lowest BCUT2D eigenvalue weighted by atomic mass is 9.41. The third kappa shape index (κ3) is 2.81. The smallest absolute Gasteiger partial charge is 0.302 e. The monoisotopic (exact) mass is 513 g/mol. The minimum absolute atomic E-state index is 0.204. The van der Waals surface area contributed by atoms with E-state index in [2.05, 4.69) is 39.5 Å². The number of aliphatic hydroxyl groups excluding tert-OH is 1. The number of ether oxygens (including phenoxy) is 2. The van der Waals surface area contributed by atoms with Gasteiger partial charge in [-0.1, -0.05) is 34.1 Å². The van der Waals surface area contributed by atoms with Crippen LogP contribution in [0.5, 0.6) is 0 Å². The predicted molar refractivity (Wildman–Crippen MR) is 143 cm³/mol. The molecule has 13 atom stereocenters. The van der Waals surface area contributed by atoms with Crippen molar-refractivity contribution in [2.45, 2.75) is 142 Å². The first kappa shape index (κ1) is 25.3. The minimum atomic E-state index is -0.870. The average molecular weight is 514 g/mol. The summed E-state index contributed by atoms with van der Waals surface area (Å²) >= 11 is 0. The van der Waals surface area contributed by atoms with Crippen LogP contribution >= 0.6 is 0 Å². The number of rotatable bonds is 5. The van der Waals surface area contributed by atoms with E-state index < -0.39 is 11.7 Å². The van der Waals surface area contributed by atoms with Gasteiger partial charge in [0.25, 0.3) is 0 Å². The fourth-order valence-electron chi connectivity index (χ4n) is 13.0. The predicted octanol–water partition coefficient (Wildman–Crippen LogP) is 5.93. The second kappa shape index (κ2) is 7.75. The van der Waals surface area contributed by atoms with Crippen molar-refractivity contribution in [3.8, 4) is 0 Å². The summed E-state index contributed by atoms with van der Waals surface area (Å²) in [5.41, 5.74) is 0.348. The average Bonchev–Trinajstić information content (AvgIpc) is 3.35. The first-order chi connectivity index (χ1) is 17.4. The molecule has 1 unspecified atom stereocenters. The molecule has 7 aliphatic rings. The van der Waals surface area contributed by atoms with Crippen molar-refractivity contribution < 1.29 is 19.4 Å². The first-order valence-electron chi connectivity index (χ1n) is 15.7. The van der Waals surface area contributed by atoms with Crippen LogP contribution in [0.25, 0.3) is 0 Å². The standard InChI is InChI=1S/C32H51NO4/c1-19(2)22-10-14-28(4)21-9-16-31-13-7-8-24(31)32(28,26(22)33(31)18-21)17-11-23-29(5)15-12-25(36-20(3)34)30(23,6)27(35)37-29/h19,21-27,35H,7-18H2,1-6H3/t21-,22-,23+,24-,25+,26+,27-,28-,29+,30+,31-,32+/m1/s1. The summed E-state index contributed by atoms with van der Waals surface area (Å²) in [5.74, 6) is 3.13. The SMILES string of the molecule is CC(=O)O[C@H]1CC[C@]2(C)O[C@@H](O)[C@@]1(C)[C@H]2CC[C@]12[C@@H]3[C@@H](C(C)C)CC[C@]1(C)[C@@H]1CC[C@@]4(CCC[C@H]42)N3C1. The van der Waals surface area contributed by atoms with Gasteiger partial charge in [0.05, 0.1) is 11.0 Å². The molecular formula is C32H51NO4. The highest BCUT2D eigenvalue weighted by Crippen LogP contribution is 2.79. The highest BCUT2D eigenvalue weighted by atomic mass is 16.6. The minimum Gasteiger partial charge on any atom is -0.462 e. The summed E-state index contributed by atoms with van der Waals surface area (Å²) in [7, 11) is 0. The molecule has 5 nitrogen and oxygen atoms in total. The third-order valence-corrected chi connectivity index (χ3v) is 14.5. The second-order valence-electron chi connectivity index (χ2n) is 15.7. The molecule has 1 N–H and O–H groups in total. The van der Waals surface area contributed by atoms with Crippen molar-refractivity contribution in [2.75, 3.05) is 6.54 Å². The largest absolute Gasteiger partial charge is 0.462 e. The van der Waals surface area contributed by atoms with Crippen LogP contribution in [-0.4, -0.2) is 52.1 Å². The van der Waals surface area contributed by atoms with Crippen molar-refractivity contribution in [1.29, 1.82) is 0 Å². The van der Waals surface area contributed by atoms with E-state index >= 15 is 0 Å². The molecule has 7 bridgehead atoms. The molecule has 208 valence electrons. The topological polar surface area (TPSA) is 59.0 Å². The van der Waals surface area contributed by atoms with Gasteiger partial charge in [-0.05, 0) is 106 Å². The summed E-state index contributed by atoms with van der Waals surface area (Å²) in [6.07, 6.45) is 12.7. The van der Waals surface area contributed by atoms with Gasteiger partial charge >= 0.3 is 5.97 Å². The molecule has 0 aromatic carbocycles. The molecule has 4 aliphatic heterocycles. The molecular weight excluding hydrogens is 462 g/mol. The van der Waals surface area contributed by atoms with E-state index in [0.29, 0.717) is 22.4 Å². The number of carbonyl (C=O) groups excluding carboxylic acids is 1. The van der Waals surface area contributed by atoms with Crippen molar-refractivity contribution in [1.82, 2.24) is 4.90 Å². The van der Waals surface area contributed by atoms with Gasteiger partial charge in [0.2, 0.25) is 0 Å². The Hall–Kier alpha value is -0.650. The van der Waals surface area contributed by atoms with Crippen molar-refractivity contribution >= 4 is 5.97 Å². The highest BCUT2D eigenvalue weighted by Gasteiger charge is 2.80. The molecule has 5 heteroatoms. The summed E-state index contributed by atoms with van der Waals surface area (Å²) in [4.78, 5) is 15.2. The fourth-order valence-corrected chi connectivity index (χ4v) is 13.0. The Labute approximate surface area is 224 Å². The first-order valence-corrected chi connectivity index (χ1v) is 15.7. The van der Waals surface area contributed by atoms with Crippen LogP contribution in [0.2, 0.25) is 0 Å². The van der Waals surface area contributed by atoms with Crippen molar-refractivity contribution in [3.05, 3.63) is 0 Å². The van der Waals surface area contributed by atoms with E-state index in [9.17, 15) is 9.90 Å². The Morgan fingerprint density at radius 3 is 2.59 bits per heavy atom. The van der Waals surface area contributed by atoms with E-state index in [1.165, 1.54) is 64.8 Å². The molecule has 7 rings (SSSR count). The van der Waals surface area contributed by atoms with Gasteiger partial charge in [-0.2, -0.15) is 0 Å². The van der Waals surface area contributed by atoms with E-state index in [1.807, 2.05) is 0 Å². The van der Waals surface area contributed by atoms with Crippen molar-refractivity contribution in [3.63, 3.8) is 0 Å². The summed E-state index contributed by atoms with van der Waals surface area (Å²) < 4.78 is 12.3. The Balaban J connectivity index is 1.30. The van der Waals surface area contributed by atoms with Crippen LogP contribution in [0.15, 0.2) is 0 Å². The van der Waals surface area contributed by atoms with Crippen LogP contribution in [-0.2, 0) is 14.3 Å².